The quantitative estimate of drug-likeness (QED) is 0.286. The summed E-state index contributed by atoms with van der Waals surface area (Å²) in [5.74, 6) is 0.915. The van der Waals surface area contributed by atoms with Gasteiger partial charge in [-0.3, -0.25) is 0 Å². The molecule has 2 rings (SSSR count). The number of nitrogens with one attached hydrogen (secondary N) is 2. The molecular formula is C20H33N3OS. The number of aryl methyl sites for hydroxylation is 1. The Balaban J connectivity index is 1.92. The highest BCUT2D eigenvalue weighted by atomic mass is 32.2. The maximum atomic E-state index is 5.53. The average molecular weight is 364 g/mol. The van der Waals surface area contributed by atoms with Gasteiger partial charge >= 0.3 is 0 Å². The Labute approximate surface area is 157 Å². The summed E-state index contributed by atoms with van der Waals surface area (Å²) in [4.78, 5) is 6.11. The maximum Gasteiger partial charge on any atom is 0.191 e. The van der Waals surface area contributed by atoms with Crippen LogP contribution in [0.1, 0.15) is 44.2 Å². The van der Waals surface area contributed by atoms with Crippen molar-refractivity contribution in [3.05, 3.63) is 29.3 Å². The average Bonchev–Trinajstić information content (AvgIpc) is 3.38. The number of hydrogen-bond donors (Lipinski definition) is 2. The van der Waals surface area contributed by atoms with Gasteiger partial charge in [0.15, 0.2) is 5.96 Å². The molecule has 25 heavy (non-hydrogen) atoms. The van der Waals surface area contributed by atoms with Gasteiger partial charge in [-0.2, -0.15) is 0 Å². The van der Waals surface area contributed by atoms with Gasteiger partial charge in [-0.25, -0.2) is 4.99 Å². The van der Waals surface area contributed by atoms with E-state index < -0.39 is 0 Å². The maximum absolute atomic E-state index is 5.53. The molecule has 1 saturated carbocycles. The van der Waals surface area contributed by atoms with Crippen molar-refractivity contribution in [2.24, 2.45) is 10.4 Å². The summed E-state index contributed by atoms with van der Waals surface area (Å²) in [6, 6.07) is 6.60. The molecule has 0 radical (unpaired) electrons. The van der Waals surface area contributed by atoms with Crippen LogP contribution in [0.3, 0.4) is 0 Å². The third kappa shape index (κ3) is 6.55. The van der Waals surface area contributed by atoms with Crippen LogP contribution in [0.15, 0.2) is 28.1 Å². The Morgan fingerprint density at radius 3 is 2.72 bits per heavy atom. The lowest BCUT2D eigenvalue weighted by Gasteiger charge is -2.18. The van der Waals surface area contributed by atoms with Crippen molar-refractivity contribution in [3.8, 4) is 0 Å². The van der Waals surface area contributed by atoms with Crippen LogP contribution in [-0.4, -0.2) is 38.5 Å². The molecular weight excluding hydrogens is 330 g/mol. The van der Waals surface area contributed by atoms with Gasteiger partial charge in [0.1, 0.15) is 0 Å². The van der Waals surface area contributed by atoms with Crippen LogP contribution in [0.4, 0.5) is 0 Å². The van der Waals surface area contributed by atoms with Crippen molar-refractivity contribution < 1.29 is 4.74 Å². The van der Waals surface area contributed by atoms with Crippen LogP contribution in [0.2, 0.25) is 0 Å². The van der Waals surface area contributed by atoms with Crippen molar-refractivity contribution in [3.63, 3.8) is 0 Å². The Kier molecular flexibility index (Phi) is 8.10. The van der Waals surface area contributed by atoms with Crippen molar-refractivity contribution in [2.75, 3.05) is 32.6 Å². The fourth-order valence-electron chi connectivity index (χ4n) is 2.88. The highest BCUT2D eigenvalue weighted by Crippen LogP contribution is 2.48. The fourth-order valence-corrected chi connectivity index (χ4v) is 3.58. The second-order valence-electron chi connectivity index (χ2n) is 6.81. The molecule has 0 atom stereocenters. The van der Waals surface area contributed by atoms with E-state index in [4.69, 9.17) is 9.73 Å². The third-order valence-corrected chi connectivity index (χ3v) is 5.58. The zero-order chi connectivity index (χ0) is 18.1. The van der Waals surface area contributed by atoms with E-state index in [0.29, 0.717) is 12.0 Å². The summed E-state index contributed by atoms with van der Waals surface area (Å²) in [7, 11) is 0. The number of hydrogen-bond acceptors (Lipinski definition) is 3. The van der Waals surface area contributed by atoms with Gasteiger partial charge in [0.2, 0.25) is 0 Å². The first kappa shape index (κ1) is 20.1. The Morgan fingerprint density at radius 2 is 2.08 bits per heavy atom. The molecule has 0 bridgehead atoms. The standard InChI is InChI=1S/C20H33N3OS/c1-5-21-19(23-15-20(9-10-20)11-12-24-6-2)22-14-17-8-7-16(3)13-18(17)25-4/h7-8,13H,5-6,9-12,14-15H2,1-4H3,(H2,21,22,23). The van der Waals surface area contributed by atoms with E-state index in [1.807, 2.05) is 0 Å². The van der Waals surface area contributed by atoms with Crippen LogP contribution < -0.4 is 10.6 Å². The zero-order valence-electron chi connectivity index (χ0n) is 16.2. The van der Waals surface area contributed by atoms with Crippen molar-refractivity contribution in [1.82, 2.24) is 10.6 Å². The lowest BCUT2D eigenvalue weighted by molar-refractivity contribution is 0.128. The smallest absolute Gasteiger partial charge is 0.191 e. The molecule has 1 aromatic carbocycles. The van der Waals surface area contributed by atoms with Crippen molar-refractivity contribution >= 4 is 17.7 Å². The number of benzene rings is 1. The molecule has 0 saturated heterocycles. The van der Waals surface area contributed by atoms with Crippen LogP contribution in [-0.2, 0) is 11.3 Å². The van der Waals surface area contributed by atoms with E-state index in [0.717, 1.165) is 38.7 Å². The minimum Gasteiger partial charge on any atom is -0.382 e. The van der Waals surface area contributed by atoms with Crippen LogP contribution >= 0.6 is 11.8 Å². The second-order valence-corrected chi connectivity index (χ2v) is 7.66. The molecule has 4 nitrogen and oxygen atoms in total. The summed E-state index contributed by atoms with van der Waals surface area (Å²) in [5.41, 5.74) is 3.00. The van der Waals surface area contributed by atoms with Gasteiger partial charge in [0.05, 0.1) is 6.54 Å². The van der Waals surface area contributed by atoms with Crippen LogP contribution in [0.25, 0.3) is 0 Å². The molecule has 1 aliphatic carbocycles. The van der Waals surface area contributed by atoms with Gasteiger partial charge in [-0.05, 0) is 68.9 Å². The molecule has 2 N–H and O–H groups in total. The summed E-state index contributed by atoms with van der Waals surface area (Å²) in [6.45, 7) is 10.5. The van der Waals surface area contributed by atoms with Gasteiger partial charge in [0.25, 0.3) is 0 Å². The minimum absolute atomic E-state index is 0.416. The SMILES string of the molecule is CCNC(=NCc1ccc(C)cc1SC)NCC1(CCOCC)CC1. The largest absolute Gasteiger partial charge is 0.382 e. The van der Waals surface area contributed by atoms with Crippen molar-refractivity contribution in [2.45, 2.75) is 51.5 Å². The van der Waals surface area contributed by atoms with E-state index in [9.17, 15) is 0 Å². The number of nitrogens with zero attached hydrogens (tertiary/aromatic N) is 1. The molecule has 0 aliphatic heterocycles. The Bertz CT molecular complexity index is 570. The molecule has 0 heterocycles. The number of aliphatic imine (C=N–C) groups is 1. The topological polar surface area (TPSA) is 45.7 Å². The summed E-state index contributed by atoms with van der Waals surface area (Å²) < 4.78 is 5.53. The summed E-state index contributed by atoms with van der Waals surface area (Å²) in [6.07, 6.45) is 5.85. The highest BCUT2D eigenvalue weighted by Gasteiger charge is 2.41. The molecule has 140 valence electrons. The number of ether oxygens (including phenoxy) is 1. The summed E-state index contributed by atoms with van der Waals surface area (Å²) >= 11 is 1.79. The second kappa shape index (κ2) is 10.1. The molecule has 1 aromatic rings. The number of thioether (sulfide) groups is 1. The van der Waals surface area contributed by atoms with Crippen LogP contribution in [0, 0.1) is 12.3 Å². The predicted octanol–water partition coefficient (Wildman–Crippen LogP) is 3.98. The Morgan fingerprint density at radius 1 is 1.28 bits per heavy atom. The fraction of sp³-hybridized carbons (Fsp3) is 0.650. The monoisotopic (exact) mass is 363 g/mol. The van der Waals surface area contributed by atoms with Crippen LogP contribution in [0.5, 0.6) is 0 Å². The molecule has 0 spiro atoms. The molecule has 1 fully saturated rings. The predicted molar refractivity (Wildman–Crippen MR) is 109 cm³/mol. The van der Waals surface area contributed by atoms with E-state index in [-0.39, 0.29) is 0 Å². The molecule has 0 aromatic heterocycles. The van der Waals surface area contributed by atoms with Gasteiger partial charge in [-0.15, -0.1) is 11.8 Å². The van der Waals surface area contributed by atoms with E-state index in [1.54, 1.807) is 11.8 Å². The lowest BCUT2D eigenvalue weighted by atomic mass is 10.0. The summed E-state index contributed by atoms with van der Waals surface area (Å²) in [5, 5.41) is 6.92. The van der Waals surface area contributed by atoms with Crippen molar-refractivity contribution in [1.29, 1.82) is 0 Å². The van der Waals surface area contributed by atoms with Gasteiger partial charge < -0.3 is 15.4 Å². The normalized spacial score (nSPS) is 15.9. The zero-order valence-corrected chi connectivity index (χ0v) is 17.0. The third-order valence-electron chi connectivity index (χ3n) is 4.76. The molecule has 5 heteroatoms. The molecule has 0 amide bonds. The van der Waals surface area contributed by atoms with Gasteiger partial charge in [0, 0.05) is 31.2 Å². The first-order valence-electron chi connectivity index (χ1n) is 9.36. The molecule has 0 unspecified atom stereocenters. The number of guanidine groups is 1. The highest BCUT2D eigenvalue weighted by molar-refractivity contribution is 7.98. The van der Waals surface area contributed by atoms with E-state index in [2.05, 4.69) is 55.9 Å². The lowest BCUT2D eigenvalue weighted by Crippen LogP contribution is -2.40. The van der Waals surface area contributed by atoms with E-state index in [1.165, 1.54) is 28.9 Å². The first-order chi connectivity index (χ1) is 12.1. The first-order valence-corrected chi connectivity index (χ1v) is 10.6. The van der Waals surface area contributed by atoms with Gasteiger partial charge in [-0.1, -0.05) is 12.1 Å². The molecule has 1 aliphatic rings. The Hall–Kier alpha value is -1.20. The van der Waals surface area contributed by atoms with E-state index >= 15 is 0 Å². The minimum atomic E-state index is 0.416. The number of rotatable bonds is 10.